The number of hydrogen-bond acceptors (Lipinski definition) is 5. The zero-order chi connectivity index (χ0) is 13.0. The average molecular weight is 263 g/mol. The van der Waals surface area contributed by atoms with Crippen molar-refractivity contribution >= 4 is 16.5 Å². The van der Waals surface area contributed by atoms with Crippen LogP contribution in [0.2, 0.25) is 0 Å². The maximum atomic E-state index is 9.44. The number of thiazole rings is 1. The molecule has 2 aromatic rings. The van der Waals surface area contributed by atoms with Crippen molar-refractivity contribution in [1.29, 1.82) is 0 Å². The molecule has 0 spiro atoms. The van der Waals surface area contributed by atoms with Crippen molar-refractivity contribution in [2.24, 2.45) is 0 Å². The smallest absolute Gasteiger partial charge is 0.185 e. The zero-order valence-electron chi connectivity index (χ0n) is 10.6. The number of hydrogen-bond donors (Lipinski definition) is 1. The normalized spacial score (nSPS) is 12.4. The third-order valence-corrected chi connectivity index (χ3v) is 3.67. The molecule has 2 heterocycles. The lowest BCUT2D eigenvalue weighted by Crippen LogP contribution is -2.20. The summed E-state index contributed by atoms with van der Waals surface area (Å²) in [6.07, 6.45) is 2.20. The van der Waals surface area contributed by atoms with E-state index < -0.39 is 6.10 Å². The van der Waals surface area contributed by atoms with Gasteiger partial charge in [-0.2, -0.15) is 0 Å². The molecule has 1 atom stereocenters. The molecule has 5 heteroatoms. The van der Waals surface area contributed by atoms with Crippen LogP contribution in [0.15, 0.2) is 29.8 Å². The van der Waals surface area contributed by atoms with E-state index in [2.05, 4.69) is 14.9 Å². The molecule has 0 radical (unpaired) electrons. The first kappa shape index (κ1) is 13.0. The standard InChI is InChI=1S/C13H17N3OS/c1-10(17)12-9-18-13(15-12)16(2)8-6-11-5-3-4-7-14-11/h3-5,7,9-10,17H,6,8H2,1-2H3. The zero-order valence-corrected chi connectivity index (χ0v) is 11.4. The molecular weight excluding hydrogens is 246 g/mol. The SMILES string of the molecule is CC(O)c1csc(N(C)CCc2ccccn2)n1. The molecule has 1 N–H and O–H groups in total. The quantitative estimate of drug-likeness (QED) is 0.899. The number of nitrogens with zero attached hydrogens (tertiary/aromatic N) is 3. The summed E-state index contributed by atoms with van der Waals surface area (Å²) in [5.74, 6) is 0. The van der Waals surface area contributed by atoms with Gasteiger partial charge in [-0.1, -0.05) is 6.07 Å². The van der Waals surface area contributed by atoms with Crippen molar-refractivity contribution in [3.05, 3.63) is 41.2 Å². The molecule has 4 nitrogen and oxygen atoms in total. The second kappa shape index (κ2) is 5.93. The van der Waals surface area contributed by atoms with Gasteiger partial charge in [-0.3, -0.25) is 4.98 Å². The van der Waals surface area contributed by atoms with Crippen LogP contribution in [0, 0.1) is 0 Å². The Kier molecular flexibility index (Phi) is 4.28. The minimum Gasteiger partial charge on any atom is -0.387 e. The number of aliphatic hydroxyl groups is 1. The molecule has 0 aliphatic carbocycles. The maximum absolute atomic E-state index is 9.44. The van der Waals surface area contributed by atoms with Gasteiger partial charge in [-0.05, 0) is 19.1 Å². The predicted molar refractivity (Wildman–Crippen MR) is 74.0 cm³/mol. The number of aliphatic hydroxyl groups excluding tert-OH is 1. The number of likely N-dealkylation sites (N-methyl/N-ethyl adjacent to an activating group) is 1. The first-order valence-electron chi connectivity index (χ1n) is 5.91. The minimum absolute atomic E-state index is 0.501. The summed E-state index contributed by atoms with van der Waals surface area (Å²) in [5.41, 5.74) is 1.82. The van der Waals surface area contributed by atoms with Crippen LogP contribution >= 0.6 is 11.3 Å². The van der Waals surface area contributed by atoms with Gasteiger partial charge in [0.25, 0.3) is 0 Å². The summed E-state index contributed by atoms with van der Waals surface area (Å²) in [6.45, 7) is 2.59. The van der Waals surface area contributed by atoms with Crippen molar-refractivity contribution in [2.45, 2.75) is 19.4 Å². The van der Waals surface area contributed by atoms with Crippen molar-refractivity contribution in [3.8, 4) is 0 Å². The van der Waals surface area contributed by atoms with Crippen molar-refractivity contribution in [3.63, 3.8) is 0 Å². The largest absolute Gasteiger partial charge is 0.387 e. The van der Waals surface area contributed by atoms with Crippen LogP contribution in [-0.4, -0.2) is 28.7 Å². The second-order valence-electron chi connectivity index (χ2n) is 4.22. The van der Waals surface area contributed by atoms with E-state index in [1.807, 2.05) is 36.8 Å². The Morgan fingerprint density at radius 2 is 2.28 bits per heavy atom. The van der Waals surface area contributed by atoms with Gasteiger partial charge in [0.05, 0.1) is 11.8 Å². The number of pyridine rings is 1. The fourth-order valence-corrected chi connectivity index (χ4v) is 2.47. The maximum Gasteiger partial charge on any atom is 0.185 e. The molecule has 2 aromatic heterocycles. The van der Waals surface area contributed by atoms with E-state index in [-0.39, 0.29) is 0 Å². The molecule has 0 amide bonds. The van der Waals surface area contributed by atoms with E-state index in [0.717, 1.165) is 29.5 Å². The van der Waals surface area contributed by atoms with E-state index in [0.29, 0.717) is 0 Å². The molecule has 0 saturated heterocycles. The molecule has 0 aromatic carbocycles. The fraction of sp³-hybridized carbons (Fsp3) is 0.385. The van der Waals surface area contributed by atoms with E-state index >= 15 is 0 Å². The van der Waals surface area contributed by atoms with Gasteiger partial charge in [0, 0.05) is 37.3 Å². The lowest BCUT2D eigenvalue weighted by Gasteiger charge is -2.15. The Hall–Kier alpha value is -1.46. The van der Waals surface area contributed by atoms with E-state index in [1.165, 1.54) is 0 Å². The first-order chi connectivity index (χ1) is 8.66. The molecule has 0 bridgehead atoms. The van der Waals surface area contributed by atoms with Crippen LogP contribution in [0.3, 0.4) is 0 Å². The molecule has 18 heavy (non-hydrogen) atoms. The summed E-state index contributed by atoms with van der Waals surface area (Å²) in [4.78, 5) is 10.8. The molecular formula is C13H17N3OS. The van der Waals surface area contributed by atoms with E-state index in [4.69, 9.17) is 0 Å². The minimum atomic E-state index is -0.501. The number of aromatic nitrogens is 2. The Balaban J connectivity index is 1.93. The van der Waals surface area contributed by atoms with Gasteiger partial charge in [0.2, 0.25) is 0 Å². The van der Waals surface area contributed by atoms with Crippen LogP contribution in [0.4, 0.5) is 5.13 Å². The van der Waals surface area contributed by atoms with Crippen LogP contribution in [0.25, 0.3) is 0 Å². The lowest BCUT2D eigenvalue weighted by molar-refractivity contribution is 0.195. The summed E-state index contributed by atoms with van der Waals surface area (Å²) in [5, 5.41) is 12.3. The summed E-state index contributed by atoms with van der Waals surface area (Å²) in [7, 11) is 2.01. The highest BCUT2D eigenvalue weighted by molar-refractivity contribution is 7.13. The van der Waals surface area contributed by atoms with Crippen LogP contribution in [0.5, 0.6) is 0 Å². The van der Waals surface area contributed by atoms with Crippen molar-refractivity contribution in [2.75, 3.05) is 18.5 Å². The molecule has 0 aliphatic rings. The Morgan fingerprint density at radius 1 is 1.44 bits per heavy atom. The molecule has 96 valence electrons. The van der Waals surface area contributed by atoms with E-state index in [9.17, 15) is 5.11 Å². The summed E-state index contributed by atoms with van der Waals surface area (Å²) >= 11 is 1.56. The molecule has 0 fully saturated rings. The van der Waals surface area contributed by atoms with Gasteiger partial charge < -0.3 is 10.0 Å². The third-order valence-electron chi connectivity index (χ3n) is 2.69. The first-order valence-corrected chi connectivity index (χ1v) is 6.79. The number of anilines is 1. The van der Waals surface area contributed by atoms with Crippen LogP contribution in [-0.2, 0) is 6.42 Å². The van der Waals surface area contributed by atoms with Crippen LogP contribution < -0.4 is 4.90 Å². The summed E-state index contributed by atoms with van der Waals surface area (Å²) in [6, 6.07) is 5.94. The van der Waals surface area contributed by atoms with E-state index in [1.54, 1.807) is 18.3 Å². The van der Waals surface area contributed by atoms with Crippen molar-refractivity contribution < 1.29 is 5.11 Å². The Morgan fingerprint density at radius 3 is 2.89 bits per heavy atom. The molecule has 0 saturated carbocycles. The molecule has 0 aliphatic heterocycles. The highest BCUT2D eigenvalue weighted by Crippen LogP contribution is 2.23. The van der Waals surface area contributed by atoms with Gasteiger partial charge in [0.1, 0.15) is 0 Å². The van der Waals surface area contributed by atoms with Crippen molar-refractivity contribution in [1.82, 2.24) is 9.97 Å². The van der Waals surface area contributed by atoms with Crippen LogP contribution in [0.1, 0.15) is 24.4 Å². The van der Waals surface area contributed by atoms with Gasteiger partial charge in [-0.25, -0.2) is 4.98 Å². The predicted octanol–water partition coefficient (Wildman–Crippen LogP) is 2.27. The van der Waals surface area contributed by atoms with Gasteiger partial charge in [0.15, 0.2) is 5.13 Å². The third kappa shape index (κ3) is 3.27. The molecule has 2 rings (SSSR count). The Bertz CT molecular complexity index is 484. The van der Waals surface area contributed by atoms with Gasteiger partial charge >= 0.3 is 0 Å². The second-order valence-corrected chi connectivity index (χ2v) is 5.06. The summed E-state index contributed by atoms with van der Waals surface area (Å²) < 4.78 is 0. The molecule has 1 unspecified atom stereocenters. The topological polar surface area (TPSA) is 49.2 Å². The number of rotatable bonds is 5. The average Bonchev–Trinajstić information content (AvgIpc) is 2.87. The lowest BCUT2D eigenvalue weighted by atomic mass is 10.2. The highest BCUT2D eigenvalue weighted by Gasteiger charge is 2.10. The Labute approximate surface area is 111 Å². The highest BCUT2D eigenvalue weighted by atomic mass is 32.1. The fourth-order valence-electron chi connectivity index (χ4n) is 1.57. The monoisotopic (exact) mass is 263 g/mol. The van der Waals surface area contributed by atoms with Gasteiger partial charge in [-0.15, -0.1) is 11.3 Å².